The summed E-state index contributed by atoms with van der Waals surface area (Å²) in [7, 11) is 0. The maximum atomic E-state index is 11.5. The van der Waals surface area contributed by atoms with Gasteiger partial charge in [0.15, 0.2) is 0 Å². The Morgan fingerprint density at radius 1 is 1.29 bits per heavy atom. The molecule has 1 heterocycles. The first-order valence-electron chi connectivity index (χ1n) is 8.02. The van der Waals surface area contributed by atoms with Crippen molar-refractivity contribution in [2.75, 3.05) is 26.2 Å². The van der Waals surface area contributed by atoms with E-state index in [2.05, 4.69) is 41.4 Å². The SMILES string of the molecule is CCCNC(CCN1CCc2ccccc2CC1)C(N)=O. The second kappa shape index (κ2) is 8.15. The third kappa shape index (κ3) is 4.83. The van der Waals surface area contributed by atoms with E-state index >= 15 is 0 Å². The molecule has 0 bridgehead atoms. The fraction of sp³-hybridized carbons (Fsp3) is 0.588. The van der Waals surface area contributed by atoms with Crippen LogP contribution in [0, 0.1) is 0 Å². The molecule has 116 valence electrons. The summed E-state index contributed by atoms with van der Waals surface area (Å²) >= 11 is 0. The average molecular weight is 289 g/mol. The van der Waals surface area contributed by atoms with Crippen molar-refractivity contribution >= 4 is 5.91 Å². The number of nitrogens with one attached hydrogen (secondary N) is 1. The van der Waals surface area contributed by atoms with Crippen LogP contribution in [0.5, 0.6) is 0 Å². The summed E-state index contributed by atoms with van der Waals surface area (Å²) in [5.41, 5.74) is 8.41. The molecule has 3 N–H and O–H groups in total. The number of nitrogens with two attached hydrogens (primary N) is 1. The second-order valence-electron chi connectivity index (χ2n) is 5.81. The predicted octanol–water partition coefficient (Wildman–Crippen LogP) is 1.33. The Kier molecular flexibility index (Phi) is 6.21. The average Bonchev–Trinajstić information content (AvgIpc) is 2.69. The van der Waals surface area contributed by atoms with Crippen molar-refractivity contribution < 1.29 is 4.79 Å². The molecule has 1 aromatic carbocycles. The van der Waals surface area contributed by atoms with Crippen molar-refractivity contribution in [1.82, 2.24) is 10.2 Å². The minimum absolute atomic E-state index is 0.199. The molecule has 0 radical (unpaired) electrons. The Morgan fingerprint density at radius 3 is 2.43 bits per heavy atom. The predicted molar refractivity (Wildman–Crippen MR) is 86.2 cm³/mol. The zero-order valence-electron chi connectivity index (χ0n) is 13.0. The number of rotatable bonds is 7. The molecule has 2 rings (SSSR count). The summed E-state index contributed by atoms with van der Waals surface area (Å²) in [6.45, 7) is 6.00. The summed E-state index contributed by atoms with van der Waals surface area (Å²) in [5.74, 6) is -0.235. The third-order valence-electron chi connectivity index (χ3n) is 4.23. The van der Waals surface area contributed by atoms with Crippen LogP contribution in [0.1, 0.15) is 30.9 Å². The molecule has 1 amide bonds. The Bertz CT molecular complexity index is 434. The Balaban J connectivity index is 1.83. The zero-order chi connectivity index (χ0) is 15.1. The lowest BCUT2D eigenvalue weighted by Crippen LogP contribution is -2.44. The molecule has 1 unspecified atom stereocenters. The molecule has 0 saturated heterocycles. The third-order valence-corrected chi connectivity index (χ3v) is 4.23. The van der Waals surface area contributed by atoms with Crippen molar-refractivity contribution in [3.63, 3.8) is 0 Å². The summed E-state index contributed by atoms with van der Waals surface area (Å²) < 4.78 is 0. The fourth-order valence-corrected chi connectivity index (χ4v) is 2.91. The highest BCUT2D eigenvalue weighted by molar-refractivity contribution is 5.79. The first kappa shape index (κ1) is 16.0. The fourth-order valence-electron chi connectivity index (χ4n) is 2.91. The maximum Gasteiger partial charge on any atom is 0.234 e. The topological polar surface area (TPSA) is 58.4 Å². The molecule has 1 aliphatic heterocycles. The van der Waals surface area contributed by atoms with Gasteiger partial charge in [0.2, 0.25) is 5.91 Å². The van der Waals surface area contributed by atoms with Gasteiger partial charge in [-0.25, -0.2) is 0 Å². The number of hydrogen-bond donors (Lipinski definition) is 2. The van der Waals surface area contributed by atoms with Gasteiger partial charge in [-0.2, -0.15) is 0 Å². The monoisotopic (exact) mass is 289 g/mol. The lowest BCUT2D eigenvalue weighted by molar-refractivity contribution is -0.120. The molecular formula is C17H27N3O. The normalized spacial score (nSPS) is 17.0. The van der Waals surface area contributed by atoms with Crippen LogP contribution in [-0.2, 0) is 17.6 Å². The van der Waals surface area contributed by atoms with Gasteiger partial charge in [-0.05, 0) is 43.4 Å². The van der Waals surface area contributed by atoms with Crippen LogP contribution in [0.4, 0.5) is 0 Å². The van der Waals surface area contributed by atoms with Gasteiger partial charge in [0.25, 0.3) is 0 Å². The highest BCUT2D eigenvalue weighted by Gasteiger charge is 2.18. The standard InChI is InChI=1S/C17H27N3O/c1-2-10-19-16(17(18)21)9-13-20-11-7-14-5-3-4-6-15(14)8-12-20/h3-6,16,19H,2,7-13H2,1H3,(H2,18,21). The first-order valence-corrected chi connectivity index (χ1v) is 8.02. The van der Waals surface area contributed by atoms with Crippen molar-refractivity contribution in [3.05, 3.63) is 35.4 Å². The first-order chi connectivity index (χ1) is 10.2. The minimum atomic E-state index is -0.235. The van der Waals surface area contributed by atoms with Crippen LogP contribution < -0.4 is 11.1 Å². The van der Waals surface area contributed by atoms with Crippen LogP contribution in [-0.4, -0.2) is 43.0 Å². The summed E-state index contributed by atoms with van der Waals surface area (Å²) in [6, 6.07) is 8.50. The molecule has 4 heteroatoms. The van der Waals surface area contributed by atoms with Gasteiger partial charge in [-0.1, -0.05) is 31.2 Å². The lowest BCUT2D eigenvalue weighted by Gasteiger charge is -2.22. The summed E-state index contributed by atoms with van der Waals surface area (Å²) in [6.07, 6.45) is 4.01. The van der Waals surface area contributed by atoms with Gasteiger partial charge in [-0.15, -0.1) is 0 Å². The summed E-state index contributed by atoms with van der Waals surface area (Å²) in [4.78, 5) is 13.9. The molecular weight excluding hydrogens is 262 g/mol. The molecule has 4 nitrogen and oxygen atoms in total. The van der Waals surface area contributed by atoms with Crippen LogP contribution in [0.25, 0.3) is 0 Å². The number of carbonyl (C=O) groups is 1. The van der Waals surface area contributed by atoms with E-state index in [-0.39, 0.29) is 11.9 Å². The largest absolute Gasteiger partial charge is 0.368 e. The molecule has 1 atom stereocenters. The maximum absolute atomic E-state index is 11.5. The second-order valence-corrected chi connectivity index (χ2v) is 5.81. The van der Waals surface area contributed by atoms with E-state index < -0.39 is 0 Å². The van der Waals surface area contributed by atoms with Gasteiger partial charge in [0, 0.05) is 19.6 Å². The highest BCUT2D eigenvalue weighted by atomic mass is 16.1. The number of benzene rings is 1. The van der Waals surface area contributed by atoms with E-state index in [0.29, 0.717) is 0 Å². The zero-order valence-corrected chi connectivity index (χ0v) is 13.0. The summed E-state index contributed by atoms with van der Waals surface area (Å²) in [5, 5.41) is 3.24. The van der Waals surface area contributed by atoms with Crippen LogP contribution in [0.3, 0.4) is 0 Å². The van der Waals surface area contributed by atoms with E-state index in [4.69, 9.17) is 5.73 Å². The number of hydrogen-bond acceptors (Lipinski definition) is 3. The molecule has 1 aromatic rings. The number of amides is 1. The van der Waals surface area contributed by atoms with E-state index in [1.54, 1.807) is 0 Å². The van der Waals surface area contributed by atoms with Crippen molar-refractivity contribution in [2.45, 2.75) is 38.6 Å². The van der Waals surface area contributed by atoms with Crippen molar-refractivity contribution in [3.8, 4) is 0 Å². The molecule has 0 aromatic heterocycles. The molecule has 0 aliphatic carbocycles. The number of carbonyl (C=O) groups excluding carboxylic acids is 1. The lowest BCUT2D eigenvalue weighted by atomic mass is 10.0. The molecule has 0 spiro atoms. The van der Waals surface area contributed by atoms with Crippen molar-refractivity contribution in [2.24, 2.45) is 5.73 Å². The van der Waals surface area contributed by atoms with Gasteiger partial charge in [-0.3, -0.25) is 4.79 Å². The van der Waals surface area contributed by atoms with E-state index in [9.17, 15) is 4.79 Å². The molecule has 1 aliphatic rings. The van der Waals surface area contributed by atoms with Gasteiger partial charge in [0.1, 0.15) is 0 Å². The Morgan fingerprint density at radius 2 is 1.90 bits per heavy atom. The molecule has 21 heavy (non-hydrogen) atoms. The van der Waals surface area contributed by atoms with E-state index in [1.165, 1.54) is 11.1 Å². The van der Waals surface area contributed by atoms with Gasteiger partial charge in [0.05, 0.1) is 6.04 Å². The number of primary amides is 1. The van der Waals surface area contributed by atoms with Crippen molar-refractivity contribution in [1.29, 1.82) is 0 Å². The van der Waals surface area contributed by atoms with Gasteiger partial charge >= 0.3 is 0 Å². The highest BCUT2D eigenvalue weighted by Crippen LogP contribution is 2.15. The minimum Gasteiger partial charge on any atom is -0.368 e. The van der Waals surface area contributed by atoms with Crippen LogP contribution in [0.2, 0.25) is 0 Å². The Hall–Kier alpha value is -1.39. The number of fused-ring (bicyclic) bond motifs is 1. The smallest absolute Gasteiger partial charge is 0.234 e. The van der Waals surface area contributed by atoms with Crippen LogP contribution >= 0.6 is 0 Å². The van der Waals surface area contributed by atoms with Gasteiger partial charge < -0.3 is 16.0 Å². The molecule has 0 saturated carbocycles. The quantitative estimate of drug-likeness (QED) is 0.796. The number of nitrogens with zero attached hydrogens (tertiary/aromatic N) is 1. The Labute approximate surface area is 127 Å². The van der Waals surface area contributed by atoms with Crippen LogP contribution in [0.15, 0.2) is 24.3 Å². The van der Waals surface area contributed by atoms with E-state index in [0.717, 1.165) is 51.9 Å². The van der Waals surface area contributed by atoms with E-state index in [1.807, 2.05) is 0 Å². The molecule has 0 fully saturated rings.